The van der Waals surface area contributed by atoms with E-state index in [9.17, 15) is 14.3 Å². The Labute approximate surface area is 144 Å². The van der Waals surface area contributed by atoms with E-state index in [2.05, 4.69) is 5.32 Å². The lowest BCUT2D eigenvalue weighted by molar-refractivity contribution is 0.133. The SMILES string of the molecule is CN(C(=O)NCC(C)(C)c1ccc(F)cc1)C1CCC(CO)CC1. The van der Waals surface area contributed by atoms with Crippen molar-refractivity contribution in [1.82, 2.24) is 10.2 Å². The number of aliphatic hydroxyl groups excluding tert-OH is 1. The summed E-state index contributed by atoms with van der Waals surface area (Å²) in [4.78, 5) is 14.2. The van der Waals surface area contributed by atoms with Gasteiger partial charge >= 0.3 is 6.03 Å². The van der Waals surface area contributed by atoms with Crippen LogP contribution in [0.4, 0.5) is 9.18 Å². The highest BCUT2D eigenvalue weighted by atomic mass is 19.1. The monoisotopic (exact) mass is 336 g/mol. The van der Waals surface area contributed by atoms with E-state index >= 15 is 0 Å². The number of rotatable bonds is 5. The number of urea groups is 1. The summed E-state index contributed by atoms with van der Waals surface area (Å²) in [6, 6.07) is 6.59. The highest BCUT2D eigenvalue weighted by Gasteiger charge is 2.27. The van der Waals surface area contributed by atoms with E-state index in [-0.39, 0.29) is 29.9 Å². The van der Waals surface area contributed by atoms with Gasteiger partial charge in [0.15, 0.2) is 0 Å². The van der Waals surface area contributed by atoms with Crippen molar-refractivity contribution in [3.05, 3.63) is 35.6 Å². The van der Waals surface area contributed by atoms with E-state index in [1.807, 2.05) is 20.9 Å². The molecule has 5 heteroatoms. The van der Waals surface area contributed by atoms with E-state index in [1.165, 1.54) is 12.1 Å². The van der Waals surface area contributed by atoms with Crippen LogP contribution in [0.1, 0.15) is 45.1 Å². The van der Waals surface area contributed by atoms with Crippen LogP contribution in [0.5, 0.6) is 0 Å². The molecule has 0 heterocycles. The van der Waals surface area contributed by atoms with Gasteiger partial charge in [-0.15, -0.1) is 0 Å². The van der Waals surface area contributed by atoms with Gasteiger partial charge < -0.3 is 15.3 Å². The Kier molecular flexibility index (Phi) is 6.21. The molecule has 0 unspecified atom stereocenters. The molecule has 2 rings (SSSR count). The number of hydrogen-bond acceptors (Lipinski definition) is 2. The molecule has 0 spiro atoms. The second-order valence-corrected chi connectivity index (χ2v) is 7.52. The van der Waals surface area contributed by atoms with Crippen LogP contribution >= 0.6 is 0 Å². The molecule has 1 aromatic rings. The topological polar surface area (TPSA) is 52.6 Å². The summed E-state index contributed by atoms with van der Waals surface area (Å²) in [5, 5.41) is 12.2. The average molecular weight is 336 g/mol. The number of carbonyl (C=O) groups excluding carboxylic acids is 1. The first-order chi connectivity index (χ1) is 11.3. The molecule has 0 bridgehead atoms. The average Bonchev–Trinajstić information content (AvgIpc) is 2.59. The van der Waals surface area contributed by atoms with Gasteiger partial charge in [-0.25, -0.2) is 9.18 Å². The lowest BCUT2D eigenvalue weighted by Crippen LogP contribution is -2.48. The molecular formula is C19H29FN2O2. The van der Waals surface area contributed by atoms with Gasteiger partial charge in [0.2, 0.25) is 0 Å². The molecule has 2 amide bonds. The van der Waals surface area contributed by atoms with Gasteiger partial charge in [0.05, 0.1) is 0 Å². The highest BCUT2D eigenvalue weighted by Crippen LogP contribution is 2.27. The normalized spacial score (nSPS) is 21.4. The maximum atomic E-state index is 13.1. The molecule has 1 saturated carbocycles. The Hall–Kier alpha value is -1.62. The second-order valence-electron chi connectivity index (χ2n) is 7.52. The van der Waals surface area contributed by atoms with Crippen molar-refractivity contribution in [2.45, 2.75) is 51.0 Å². The fraction of sp³-hybridized carbons (Fsp3) is 0.632. The first-order valence-electron chi connectivity index (χ1n) is 8.71. The molecule has 0 radical (unpaired) electrons. The number of carbonyl (C=O) groups is 1. The quantitative estimate of drug-likeness (QED) is 0.867. The van der Waals surface area contributed by atoms with E-state index in [1.54, 1.807) is 17.0 Å². The zero-order valence-electron chi connectivity index (χ0n) is 14.9. The standard InChI is InChI=1S/C19H29FN2O2/c1-19(2,15-6-8-16(20)9-7-15)13-21-18(24)22(3)17-10-4-14(12-23)5-11-17/h6-9,14,17,23H,4-5,10-13H2,1-3H3,(H,21,24). The van der Waals surface area contributed by atoms with Crippen LogP contribution in [0.25, 0.3) is 0 Å². The lowest BCUT2D eigenvalue weighted by Gasteiger charge is -2.35. The number of aliphatic hydroxyl groups is 1. The lowest BCUT2D eigenvalue weighted by atomic mass is 9.84. The van der Waals surface area contributed by atoms with Crippen LogP contribution in [0.15, 0.2) is 24.3 Å². The number of nitrogens with zero attached hydrogens (tertiary/aromatic N) is 1. The number of benzene rings is 1. The van der Waals surface area contributed by atoms with Crippen molar-refractivity contribution in [3.8, 4) is 0 Å². The molecule has 1 aromatic carbocycles. The van der Waals surface area contributed by atoms with Crippen molar-refractivity contribution in [2.75, 3.05) is 20.2 Å². The van der Waals surface area contributed by atoms with Gasteiger partial charge in [-0.05, 0) is 49.3 Å². The molecule has 0 saturated heterocycles. The van der Waals surface area contributed by atoms with E-state index in [4.69, 9.17) is 0 Å². The third-order valence-electron chi connectivity index (χ3n) is 5.25. The zero-order valence-corrected chi connectivity index (χ0v) is 14.9. The minimum atomic E-state index is -0.265. The predicted molar refractivity (Wildman–Crippen MR) is 93.4 cm³/mol. The number of nitrogens with one attached hydrogen (secondary N) is 1. The van der Waals surface area contributed by atoms with Crippen LogP contribution in [0, 0.1) is 11.7 Å². The first-order valence-corrected chi connectivity index (χ1v) is 8.71. The fourth-order valence-corrected chi connectivity index (χ4v) is 3.30. The number of hydrogen-bond donors (Lipinski definition) is 2. The summed E-state index contributed by atoms with van der Waals surface area (Å²) < 4.78 is 13.1. The fourth-order valence-electron chi connectivity index (χ4n) is 3.30. The Morgan fingerprint density at radius 2 is 1.83 bits per heavy atom. The van der Waals surface area contributed by atoms with Gasteiger partial charge in [0.1, 0.15) is 5.82 Å². The van der Waals surface area contributed by atoms with Crippen LogP contribution in [0.3, 0.4) is 0 Å². The molecule has 4 nitrogen and oxygen atoms in total. The summed E-state index contributed by atoms with van der Waals surface area (Å²) in [6.45, 7) is 4.81. The van der Waals surface area contributed by atoms with Gasteiger partial charge in [-0.1, -0.05) is 26.0 Å². The largest absolute Gasteiger partial charge is 0.396 e. The minimum absolute atomic E-state index is 0.0716. The zero-order chi connectivity index (χ0) is 17.7. The maximum absolute atomic E-state index is 13.1. The van der Waals surface area contributed by atoms with E-state index in [0.29, 0.717) is 12.5 Å². The third kappa shape index (κ3) is 4.69. The molecule has 0 aromatic heterocycles. The van der Waals surface area contributed by atoms with Gasteiger partial charge in [0, 0.05) is 31.7 Å². The highest BCUT2D eigenvalue weighted by molar-refractivity contribution is 5.74. The van der Waals surface area contributed by atoms with Crippen molar-refractivity contribution in [2.24, 2.45) is 5.92 Å². The van der Waals surface area contributed by atoms with Crippen LogP contribution < -0.4 is 5.32 Å². The van der Waals surface area contributed by atoms with Crippen LogP contribution in [-0.4, -0.2) is 42.3 Å². The Bertz CT molecular complexity index is 537. The molecule has 24 heavy (non-hydrogen) atoms. The molecule has 0 atom stereocenters. The summed E-state index contributed by atoms with van der Waals surface area (Å²) in [7, 11) is 1.84. The molecule has 1 aliphatic carbocycles. The summed E-state index contributed by atoms with van der Waals surface area (Å²) in [6.07, 6.45) is 3.83. The smallest absolute Gasteiger partial charge is 0.317 e. The molecule has 1 fully saturated rings. The summed E-state index contributed by atoms with van der Waals surface area (Å²) in [5.74, 6) is 0.131. The van der Waals surface area contributed by atoms with Gasteiger partial charge in [-0.3, -0.25) is 0 Å². The molecule has 134 valence electrons. The van der Waals surface area contributed by atoms with Gasteiger partial charge in [-0.2, -0.15) is 0 Å². The van der Waals surface area contributed by atoms with Gasteiger partial charge in [0.25, 0.3) is 0 Å². The van der Waals surface area contributed by atoms with E-state index < -0.39 is 0 Å². The van der Waals surface area contributed by atoms with Crippen LogP contribution in [-0.2, 0) is 5.41 Å². The minimum Gasteiger partial charge on any atom is -0.396 e. The maximum Gasteiger partial charge on any atom is 0.317 e. The summed E-state index contributed by atoms with van der Waals surface area (Å²) >= 11 is 0. The predicted octanol–water partition coefficient (Wildman–Crippen LogP) is 3.30. The van der Waals surface area contributed by atoms with Crippen molar-refractivity contribution in [3.63, 3.8) is 0 Å². The molecule has 2 N–H and O–H groups in total. The summed E-state index contributed by atoms with van der Waals surface area (Å²) in [5.41, 5.74) is 0.731. The Balaban J connectivity index is 1.86. The van der Waals surface area contributed by atoms with Crippen molar-refractivity contribution in [1.29, 1.82) is 0 Å². The molecule has 0 aliphatic heterocycles. The number of halogens is 1. The molecular weight excluding hydrogens is 307 g/mol. The Morgan fingerprint density at radius 3 is 2.38 bits per heavy atom. The second kappa shape index (κ2) is 7.97. The number of amides is 2. The van der Waals surface area contributed by atoms with Crippen molar-refractivity contribution >= 4 is 6.03 Å². The van der Waals surface area contributed by atoms with Crippen molar-refractivity contribution < 1.29 is 14.3 Å². The molecule has 1 aliphatic rings. The van der Waals surface area contributed by atoms with Crippen LogP contribution in [0.2, 0.25) is 0 Å². The Morgan fingerprint density at radius 1 is 1.25 bits per heavy atom. The van der Waals surface area contributed by atoms with E-state index in [0.717, 1.165) is 31.2 Å². The first kappa shape index (κ1) is 18.7. The third-order valence-corrected chi connectivity index (χ3v) is 5.25.